The molecule has 0 saturated heterocycles. The lowest BCUT2D eigenvalue weighted by Gasteiger charge is -2.08. The van der Waals surface area contributed by atoms with Crippen LogP contribution >= 0.6 is 11.6 Å². The Balaban J connectivity index is 3.10. The summed E-state index contributed by atoms with van der Waals surface area (Å²) in [6, 6.07) is 5.13. The van der Waals surface area contributed by atoms with E-state index in [0.29, 0.717) is 0 Å². The van der Waals surface area contributed by atoms with E-state index in [0.717, 1.165) is 6.07 Å². The minimum absolute atomic E-state index is 0.263. The first-order valence-corrected chi connectivity index (χ1v) is 6.69. The van der Waals surface area contributed by atoms with E-state index in [-0.39, 0.29) is 11.3 Å². The van der Waals surface area contributed by atoms with Crippen LogP contribution < -0.4 is 0 Å². The van der Waals surface area contributed by atoms with Crippen molar-refractivity contribution in [3.05, 3.63) is 35.6 Å². The van der Waals surface area contributed by atoms with Crippen LogP contribution in [0.3, 0.4) is 0 Å². The van der Waals surface area contributed by atoms with Gasteiger partial charge < -0.3 is 0 Å². The third kappa shape index (κ3) is 2.59. The predicted octanol–water partition coefficient (Wildman–Crippen LogP) is 2.01. The maximum absolute atomic E-state index is 13.2. The molecule has 1 atom stereocenters. The Morgan fingerprint density at radius 3 is 2.50 bits per heavy atom. The molecule has 16 heavy (non-hydrogen) atoms. The van der Waals surface area contributed by atoms with Crippen molar-refractivity contribution in [1.82, 2.24) is 0 Å². The largest absolute Gasteiger partial charge is 0.291 e. The summed E-state index contributed by atoms with van der Waals surface area (Å²) < 4.78 is 34.2. The van der Waals surface area contributed by atoms with Gasteiger partial charge in [-0.25, -0.2) is 12.8 Å². The molecule has 0 aliphatic heterocycles. The number of benzene rings is 1. The molecule has 0 amide bonds. The van der Waals surface area contributed by atoms with Crippen LogP contribution in [-0.2, 0) is 9.84 Å². The van der Waals surface area contributed by atoms with Crippen LogP contribution in [0.15, 0.2) is 24.3 Å². The highest BCUT2D eigenvalue weighted by Crippen LogP contribution is 2.17. The van der Waals surface area contributed by atoms with Gasteiger partial charge in [-0.3, -0.25) is 4.79 Å². The molecule has 1 unspecified atom stereocenters. The lowest BCUT2D eigenvalue weighted by molar-refractivity contribution is 0.100. The van der Waals surface area contributed by atoms with E-state index in [1.54, 1.807) is 0 Å². The van der Waals surface area contributed by atoms with Gasteiger partial charge >= 0.3 is 0 Å². The van der Waals surface area contributed by atoms with Crippen molar-refractivity contribution in [2.75, 3.05) is 5.75 Å². The molecule has 0 spiro atoms. The average molecular weight is 265 g/mol. The standard InChI is InChI=1S/C10H10ClFO3S/c1-2-16(14,15)10(11)9(13)7-5-3-4-6-8(7)12/h3-6,10H,2H2,1H3. The summed E-state index contributed by atoms with van der Waals surface area (Å²) in [6.45, 7) is 1.37. The van der Waals surface area contributed by atoms with Crippen molar-refractivity contribution < 1.29 is 17.6 Å². The summed E-state index contributed by atoms with van der Waals surface area (Å²) in [5, 5.41) is 0. The monoisotopic (exact) mass is 264 g/mol. The van der Waals surface area contributed by atoms with Crippen molar-refractivity contribution >= 4 is 27.2 Å². The summed E-state index contributed by atoms with van der Waals surface area (Å²) in [6.07, 6.45) is 0. The number of hydrogen-bond donors (Lipinski definition) is 0. The van der Waals surface area contributed by atoms with E-state index in [1.165, 1.54) is 25.1 Å². The SMILES string of the molecule is CCS(=O)(=O)C(Cl)C(=O)c1ccccc1F. The summed E-state index contributed by atoms with van der Waals surface area (Å²) in [5.74, 6) is -1.97. The number of carbonyl (C=O) groups excluding carboxylic acids is 1. The Bertz CT molecular complexity index is 499. The van der Waals surface area contributed by atoms with Gasteiger partial charge in [-0.1, -0.05) is 30.7 Å². The predicted molar refractivity (Wildman–Crippen MR) is 59.8 cm³/mol. The Labute approximate surface area is 98.1 Å². The Morgan fingerprint density at radius 2 is 2.00 bits per heavy atom. The number of sulfone groups is 1. The van der Waals surface area contributed by atoms with Crippen molar-refractivity contribution in [1.29, 1.82) is 0 Å². The van der Waals surface area contributed by atoms with Gasteiger partial charge in [0.25, 0.3) is 0 Å². The van der Waals surface area contributed by atoms with Crippen molar-refractivity contribution in [2.45, 2.75) is 11.6 Å². The molecular weight excluding hydrogens is 255 g/mol. The first-order valence-electron chi connectivity index (χ1n) is 4.54. The van der Waals surface area contributed by atoms with Crippen LogP contribution in [0.5, 0.6) is 0 Å². The van der Waals surface area contributed by atoms with Gasteiger partial charge in [0.2, 0.25) is 0 Å². The maximum Gasteiger partial charge on any atom is 0.198 e. The van der Waals surface area contributed by atoms with Gasteiger partial charge in [0, 0.05) is 5.75 Å². The van der Waals surface area contributed by atoms with Crippen LogP contribution in [0.1, 0.15) is 17.3 Å². The molecule has 0 N–H and O–H groups in total. The molecule has 0 radical (unpaired) electrons. The van der Waals surface area contributed by atoms with Gasteiger partial charge in [0.1, 0.15) is 5.82 Å². The minimum Gasteiger partial charge on any atom is -0.291 e. The number of halogens is 2. The van der Waals surface area contributed by atoms with Crippen LogP contribution in [-0.4, -0.2) is 24.7 Å². The topological polar surface area (TPSA) is 51.2 Å². The summed E-state index contributed by atoms with van der Waals surface area (Å²) >= 11 is 5.53. The summed E-state index contributed by atoms with van der Waals surface area (Å²) in [4.78, 5) is 11.6. The molecule has 0 aromatic heterocycles. The van der Waals surface area contributed by atoms with Crippen LogP contribution in [0.25, 0.3) is 0 Å². The number of hydrogen-bond acceptors (Lipinski definition) is 3. The summed E-state index contributed by atoms with van der Waals surface area (Å²) in [5.41, 5.74) is -0.306. The first kappa shape index (κ1) is 13.1. The van der Waals surface area contributed by atoms with Gasteiger partial charge in [-0.15, -0.1) is 0 Å². The lowest BCUT2D eigenvalue weighted by Crippen LogP contribution is -2.27. The molecule has 0 saturated carbocycles. The van der Waals surface area contributed by atoms with Gasteiger partial charge in [0.05, 0.1) is 5.56 Å². The molecule has 3 nitrogen and oxygen atoms in total. The fourth-order valence-electron chi connectivity index (χ4n) is 1.09. The molecule has 1 aromatic carbocycles. The highest BCUT2D eigenvalue weighted by molar-refractivity contribution is 7.94. The lowest BCUT2D eigenvalue weighted by atomic mass is 10.1. The van der Waals surface area contributed by atoms with Crippen LogP contribution in [0, 0.1) is 5.82 Å². The first-order chi connectivity index (χ1) is 7.40. The quantitative estimate of drug-likeness (QED) is 0.617. The van der Waals surface area contributed by atoms with Gasteiger partial charge in [-0.2, -0.15) is 0 Å². The van der Waals surface area contributed by atoms with E-state index in [1.807, 2.05) is 0 Å². The van der Waals surface area contributed by atoms with Crippen molar-refractivity contribution in [2.24, 2.45) is 0 Å². The second-order valence-electron chi connectivity index (χ2n) is 3.11. The van der Waals surface area contributed by atoms with E-state index in [2.05, 4.69) is 0 Å². The number of rotatable bonds is 4. The maximum atomic E-state index is 13.2. The van der Waals surface area contributed by atoms with Crippen LogP contribution in [0.4, 0.5) is 4.39 Å². The molecule has 0 bridgehead atoms. The van der Waals surface area contributed by atoms with E-state index < -0.39 is 26.1 Å². The Hall–Kier alpha value is -0.940. The third-order valence-electron chi connectivity index (χ3n) is 2.06. The third-order valence-corrected chi connectivity index (χ3v) is 4.73. The zero-order valence-electron chi connectivity index (χ0n) is 8.48. The number of carbonyl (C=O) groups is 1. The molecule has 0 aliphatic carbocycles. The number of Topliss-reactive ketones (excluding diaryl/α,β-unsaturated/α-hetero) is 1. The fraction of sp³-hybridized carbons (Fsp3) is 0.300. The Morgan fingerprint density at radius 1 is 1.44 bits per heavy atom. The number of ketones is 1. The second kappa shape index (κ2) is 4.93. The molecule has 88 valence electrons. The van der Waals surface area contributed by atoms with Crippen molar-refractivity contribution in [3.63, 3.8) is 0 Å². The zero-order chi connectivity index (χ0) is 12.3. The molecular formula is C10H10ClFO3S. The van der Waals surface area contributed by atoms with E-state index >= 15 is 0 Å². The van der Waals surface area contributed by atoms with Gasteiger partial charge in [0.15, 0.2) is 20.3 Å². The highest BCUT2D eigenvalue weighted by atomic mass is 35.5. The molecule has 1 rings (SSSR count). The zero-order valence-corrected chi connectivity index (χ0v) is 10.1. The second-order valence-corrected chi connectivity index (χ2v) is 6.18. The Kier molecular flexibility index (Phi) is 4.04. The number of alkyl halides is 1. The molecule has 0 fully saturated rings. The van der Waals surface area contributed by atoms with E-state index in [4.69, 9.17) is 11.6 Å². The summed E-state index contributed by atoms with van der Waals surface area (Å²) in [7, 11) is -3.71. The van der Waals surface area contributed by atoms with Crippen LogP contribution in [0.2, 0.25) is 0 Å². The molecule has 1 aromatic rings. The molecule has 6 heteroatoms. The average Bonchev–Trinajstić information content (AvgIpc) is 2.27. The highest BCUT2D eigenvalue weighted by Gasteiger charge is 2.30. The smallest absolute Gasteiger partial charge is 0.198 e. The fourth-order valence-corrected chi connectivity index (χ4v) is 2.33. The molecule has 0 heterocycles. The molecule has 0 aliphatic rings. The van der Waals surface area contributed by atoms with Gasteiger partial charge in [-0.05, 0) is 12.1 Å². The van der Waals surface area contributed by atoms with E-state index in [9.17, 15) is 17.6 Å². The van der Waals surface area contributed by atoms with Crippen molar-refractivity contribution in [3.8, 4) is 0 Å². The minimum atomic E-state index is -3.71. The normalized spacial score (nSPS) is 13.4.